The van der Waals surface area contributed by atoms with Crippen LogP contribution in [0, 0.1) is 5.82 Å². The van der Waals surface area contributed by atoms with E-state index in [0.717, 1.165) is 36.8 Å². The van der Waals surface area contributed by atoms with E-state index in [2.05, 4.69) is 15.9 Å². The summed E-state index contributed by atoms with van der Waals surface area (Å²) in [4.78, 5) is 11.9. The fourth-order valence-corrected chi connectivity index (χ4v) is 2.57. The fraction of sp³-hybridized carbons (Fsp3) is 0.500. The Morgan fingerprint density at radius 1 is 1.50 bits per heavy atom. The third-order valence-corrected chi connectivity index (χ3v) is 3.68. The van der Waals surface area contributed by atoms with E-state index in [4.69, 9.17) is 4.74 Å². The van der Waals surface area contributed by atoms with Crippen LogP contribution < -0.4 is 0 Å². The molecule has 2 rings (SSSR count). The average molecular weight is 315 g/mol. The van der Waals surface area contributed by atoms with Gasteiger partial charge in [-0.3, -0.25) is 4.79 Å². The number of carbonyl (C=O) groups is 1. The Labute approximate surface area is 115 Å². The molecular weight excluding hydrogens is 299 g/mol. The summed E-state index contributed by atoms with van der Waals surface area (Å²) in [7, 11) is 0. The first-order valence-electron chi connectivity index (χ1n) is 6.26. The zero-order valence-corrected chi connectivity index (χ0v) is 11.7. The number of halogens is 2. The number of rotatable bonds is 5. The van der Waals surface area contributed by atoms with Crippen molar-refractivity contribution in [2.45, 2.75) is 38.2 Å². The van der Waals surface area contributed by atoms with Crippen molar-refractivity contribution >= 4 is 21.7 Å². The average Bonchev–Trinajstić information content (AvgIpc) is 2.85. The van der Waals surface area contributed by atoms with Gasteiger partial charge in [0, 0.05) is 17.5 Å². The third kappa shape index (κ3) is 3.62. The third-order valence-electron chi connectivity index (χ3n) is 3.18. The largest absolute Gasteiger partial charge is 0.378 e. The van der Waals surface area contributed by atoms with Crippen molar-refractivity contribution in [3.63, 3.8) is 0 Å². The van der Waals surface area contributed by atoms with Crippen LogP contribution in [0.15, 0.2) is 22.7 Å². The van der Waals surface area contributed by atoms with Crippen molar-refractivity contribution < 1.29 is 13.9 Å². The summed E-state index contributed by atoms with van der Waals surface area (Å²) in [5.41, 5.74) is 0.178. The van der Waals surface area contributed by atoms with Crippen molar-refractivity contribution in [1.82, 2.24) is 0 Å². The normalized spacial score (nSPS) is 19.1. The molecule has 0 amide bonds. The molecule has 1 fully saturated rings. The van der Waals surface area contributed by atoms with E-state index >= 15 is 0 Å². The molecule has 4 heteroatoms. The van der Waals surface area contributed by atoms with Crippen LogP contribution in [-0.2, 0) is 4.74 Å². The van der Waals surface area contributed by atoms with Crippen LogP contribution in [0.1, 0.15) is 42.5 Å². The van der Waals surface area contributed by atoms with E-state index in [9.17, 15) is 9.18 Å². The molecule has 0 aliphatic carbocycles. The lowest BCUT2D eigenvalue weighted by Gasteiger charge is -2.08. The Bertz CT molecular complexity index is 428. The molecule has 1 aromatic rings. The Kier molecular flexibility index (Phi) is 4.89. The number of benzene rings is 1. The molecule has 0 bridgehead atoms. The molecule has 0 N–H and O–H groups in total. The summed E-state index contributed by atoms with van der Waals surface area (Å²) >= 11 is 3.25. The molecule has 1 unspecified atom stereocenters. The van der Waals surface area contributed by atoms with E-state index in [-0.39, 0.29) is 11.3 Å². The number of carbonyl (C=O) groups excluding carboxylic acids is 1. The first-order chi connectivity index (χ1) is 8.66. The minimum atomic E-state index is -0.444. The Balaban J connectivity index is 1.85. The zero-order valence-electron chi connectivity index (χ0n) is 10.1. The van der Waals surface area contributed by atoms with Crippen LogP contribution in [0.4, 0.5) is 4.39 Å². The molecule has 1 aliphatic heterocycles. The highest BCUT2D eigenvalue weighted by Gasteiger charge is 2.17. The van der Waals surface area contributed by atoms with Crippen LogP contribution >= 0.6 is 15.9 Å². The molecule has 98 valence electrons. The standard InChI is InChI=1S/C14H16BrFO2/c15-10-6-7-13(16)12(9-10)14(17)5-1-3-11-4-2-8-18-11/h6-7,9,11H,1-5,8H2. The van der Waals surface area contributed by atoms with E-state index in [1.54, 1.807) is 12.1 Å². The Morgan fingerprint density at radius 2 is 2.33 bits per heavy atom. The molecule has 18 heavy (non-hydrogen) atoms. The Morgan fingerprint density at radius 3 is 3.06 bits per heavy atom. The molecule has 2 nitrogen and oxygen atoms in total. The second kappa shape index (κ2) is 6.43. The molecule has 0 aromatic heterocycles. The van der Waals surface area contributed by atoms with Gasteiger partial charge in [-0.2, -0.15) is 0 Å². The van der Waals surface area contributed by atoms with Gasteiger partial charge in [-0.15, -0.1) is 0 Å². The predicted molar refractivity (Wildman–Crippen MR) is 71.3 cm³/mol. The number of Topliss-reactive ketones (excluding diaryl/α,β-unsaturated/α-hetero) is 1. The second-order valence-corrected chi connectivity index (χ2v) is 5.49. The first-order valence-corrected chi connectivity index (χ1v) is 7.06. The highest BCUT2D eigenvalue weighted by atomic mass is 79.9. The van der Waals surface area contributed by atoms with Crippen LogP contribution in [0.2, 0.25) is 0 Å². The highest BCUT2D eigenvalue weighted by Crippen LogP contribution is 2.20. The second-order valence-electron chi connectivity index (χ2n) is 4.57. The first kappa shape index (κ1) is 13.7. The summed E-state index contributed by atoms with van der Waals surface area (Å²) in [5, 5.41) is 0. The summed E-state index contributed by atoms with van der Waals surface area (Å²) in [5.74, 6) is -0.577. The van der Waals surface area contributed by atoms with Crippen molar-refractivity contribution in [3.8, 4) is 0 Å². The molecule has 1 aromatic carbocycles. The molecular formula is C14H16BrFO2. The van der Waals surface area contributed by atoms with Gasteiger partial charge < -0.3 is 4.74 Å². The van der Waals surface area contributed by atoms with Gasteiger partial charge >= 0.3 is 0 Å². The van der Waals surface area contributed by atoms with Crippen molar-refractivity contribution in [2.24, 2.45) is 0 Å². The number of hydrogen-bond donors (Lipinski definition) is 0. The molecule has 1 atom stereocenters. The molecule has 1 aliphatic rings. The van der Waals surface area contributed by atoms with Gasteiger partial charge in [-0.1, -0.05) is 15.9 Å². The van der Waals surface area contributed by atoms with Crippen molar-refractivity contribution in [2.75, 3.05) is 6.61 Å². The lowest BCUT2D eigenvalue weighted by molar-refractivity contribution is 0.0920. The summed E-state index contributed by atoms with van der Waals surface area (Å²) < 4.78 is 19.7. The fourth-order valence-electron chi connectivity index (χ4n) is 2.21. The summed E-state index contributed by atoms with van der Waals surface area (Å²) in [6.45, 7) is 0.832. The molecule has 0 spiro atoms. The van der Waals surface area contributed by atoms with Crippen LogP contribution in [-0.4, -0.2) is 18.5 Å². The smallest absolute Gasteiger partial charge is 0.165 e. The monoisotopic (exact) mass is 314 g/mol. The van der Waals surface area contributed by atoms with Gasteiger partial charge in [0.15, 0.2) is 5.78 Å². The minimum Gasteiger partial charge on any atom is -0.378 e. The molecule has 0 radical (unpaired) electrons. The van der Waals surface area contributed by atoms with Crippen LogP contribution in [0.3, 0.4) is 0 Å². The maximum Gasteiger partial charge on any atom is 0.165 e. The SMILES string of the molecule is O=C(CCCC1CCCO1)c1cc(Br)ccc1F. The van der Waals surface area contributed by atoms with Gasteiger partial charge in [0.25, 0.3) is 0 Å². The van der Waals surface area contributed by atoms with Crippen molar-refractivity contribution in [3.05, 3.63) is 34.1 Å². The minimum absolute atomic E-state index is 0.133. The lowest BCUT2D eigenvalue weighted by atomic mass is 10.0. The Hall–Kier alpha value is -0.740. The van der Waals surface area contributed by atoms with Gasteiger partial charge in [0.05, 0.1) is 11.7 Å². The maximum atomic E-state index is 13.5. The highest BCUT2D eigenvalue weighted by molar-refractivity contribution is 9.10. The lowest BCUT2D eigenvalue weighted by Crippen LogP contribution is -2.07. The number of ether oxygens (including phenoxy) is 1. The van der Waals surface area contributed by atoms with Gasteiger partial charge in [-0.25, -0.2) is 4.39 Å². The van der Waals surface area contributed by atoms with E-state index in [1.165, 1.54) is 6.07 Å². The summed E-state index contributed by atoms with van der Waals surface area (Å²) in [6, 6.07) is 4.46. The molecule has 1 heterocycles. The van der Waals surface area contributed by atoms with Gasteiger partial charge in [-0.05, 0) is 43.9 Å². The van der Waals surface area contributed by atoms with E-state index in [1.807, 2.05) is 0 Å². The topological polar surface area (TPSA) is 26.3 Å². The number of ketones is 1. The van der Waals surface area contributed by atoms with Gasteiger partial charge in [0.2, 0.25) is 0 Å². The zero-order chi connectivity index (χ0) is 13.0. The summed E-state index contributed by atoms with van der Waals surface area (Å²) in [6.07, 6.45) is 4.52. The van der Waals surface area contributed by atoms with E-state index in [0.29, 0.717) is 12.5 Å². The quantitative estimate of drug-likeness (QED) is 0.764. The molecule has 0 saturated carbocycles. The van der Waals surface area contributed by atoms with Crippen molar-refractivity contribution in [1.29, 1.82) is 0 Å². The molecule has 1 saturated heterocycles. The van der Waals surface area contributed by atoms with Crippen LogP contribution in [0.5, 0.6) is 0 Å². The van der Waals surface area contributed by atoms with Gasteiger partial charge in [0.1, 0.15) is 5.82 Å². The van der Waals surface area contributed by atoms with E-state index < -0.39 is 5.82 Å². The number of hydrogen-bond acceptors (Lipinski definition) is 2. The maximum absolute atomic E-state index is 13.5. The predicted octanol–water partition coefficient (Wildman–Crippen LogP) is 4.12. The van der Waals surface area contributed by atoms with Crippen LogP contribution in [0.25, 0.3) is 0 Å².